The number of aryl methyl sites for hydroxylation is 2. The number of anilines is 1. The van der Waals surface area contributed by atoms with Gasteiger partial charge in [-0.15, -0.1) is 0 Å². The number of pyridine rings is 1. The third kappa shape index (κ3) is 6.20. The fourth-order valence-corrected chi connectivity index (χ4v) is 6.09. The molecule has 44 heavy (non-hydrogen) atoms. The number of urea groups is 1. The zero-order chi connectivity index (χ0) is 31.7. The summed E-state index contributed by atoms with van der Waals surface area (Å²) in [6.45, 7) is 9.76. The summed E-state index contributed by atoms with van der Waals surface area (Å²) >= 11 is 6.65. The van der Waals surface area contributed by atoms with Crippen LogP contribution in [-0.4, -0.2) is 33.1 Å². The predicted molar refractivity (Wildman–Crippen MR) is 172 cm³/mol. The molecule has 0 atom stereocenters. The molecule has 1 aliphatic rings. The maximum Gasteiger partial charge on any atom is 0.408 e. The van der Waals surface area contributed by atoms with Gasteiger partial charge in [0.15, 0.2) is 0 Å². The van der Waals surface area contributed by atoms with Crippen molar-refractivity contribution in [1.29, 1.82) is 5.26 Å². The molecule has 5 rings (SSSR count). The number of fused-ring (bicyclic) bond motifs is 1. The van der Waals surface area contributed by atoms with E-state index in [1.54, 1.807) is 35.5 Å². The zero-order valence-corrected chi connectivity index (χ0v) is 26.3. The quantitative estimate of drug-likeness (QED) is 0.230. The summed E-state index contributed by atoms with van der Waals surface area (Å²) in [4.78, 5) is 33.2. The number of benzene rings is 3. The number of aromatic nitrogens is 1. The van der Waals surface area contributed by atoms with Crippen LogP contribution in [0.2, 0.25) is 5.02 Å². The standard InChI is InChI=1S/C35H36ClN5O3/c1-23-14-15-25(16-24(23)2)19-41(31(42)39-30-18-38-17-26-10-6-7-11-27(26)30)34(22-37)20-35(21-34,28-12-8-9-13-29(28)36)44-32(43)40-33(3,4)5/h6-18H,19-21H2,1-5H3,(H,39,42)(H,40,43). The number of hydrogen-bond acceptors (Lipinski definition) is 5. The molecular weight excluding hydrogens is 574 g/mol. The smallest absolute Gasteiger partial charge is 0.408 e. The first-order valence-corrected chi connectivity index (χ1v) is 14.9. The van der Waals surface area contributed by atoms with Gasteiger partial charge in [0.2, 0.25) is 0 Å². The number of halogens is 1. The molecule has 1 saturated carbocycles. The molecule has 3 aromatic carbocycles. The molecule has 1 heterocycles. The van der Waals surface area contributed by atoms with Crippen molar-refractivity contribution in [3.63, 3.8) is 0 Å². The average Bonchev–Trinajstić information content (AvgIpc) is 2.95. The third-order valence-corrected chi connectivity index (χ3v) is 8.41. The highest BCUT2D eigenvalue weighted by molar-refractivity contribution is 6.31. The Morgan fingerprint density at radius 3 is 2.41 bits per heavy atom. The highest BCUT2D eigenvalue weighted by atomic mass is 35.5. The van der Waals surface area contributed by atoms with E-state index in [4.69, 9.17) is 16.3 Å². The van der Waals surface area contributed by atoms with Crippen LogP contribution >= 0.6 is 11.6 Å². The number of carbonyl (C=O) groups excluding carboxylic acids is 2. The molecule has 2 N–H and O–H groups in total. The summed E-state index contributed by atoms with van der Waals surface area (Å²) in [6, 6.07) is 22.7. The fraction of sp³-hybridized carbons (Fsp3) is 0.314. The summed E-state index contributed by atoms with van der Waals surface area (Å²) < 4.78 is 6.11. The van der Waals surface area contributed by atoms with E-state index in [9.17, 15) is 14.9 Å². The lowest BCUT2D eigenvalue weighted by molar-refractivity contribution is -0.123. The molecule has 0 saturated heterocycles. The minimum Gasteiger partial charge on any atom is -0.438 e. The molecule has 0 spiro atoms. The highest BCUT2D eigenvalue weighted by Gasteiger charge is 2.63. The number of amides is 3. The van der Waals surface area contributed by atoms with E-state index in [1.165, 1.54) is 0 Å². The van der Waals surface area contributed by atoms with Gasteiger partial charge in [0.25, 0.3) is 0 Å². The maximum atomic E-state index is 14.2. The van der Waals surface area contributed by atoms with Gasteiger partial charge in [0, 0.05) is 52.5 Å². The van der Waals surface area contributed by atoms with Crippen LogP contribution in [0.15, 0.2) is 79.1 Å². The first kappa shape index (κ1) is 30.8. The van der Waals surface area contributed by atoms with Crippen molar-refractivity contribution < 1.29 is 14.3 Å². The van der Waals surface area contributed by atoms with E-state index in [0.29, 0.717) is 16.3 Å². The van der Waals surface area contributed by atoms with Gasteiger partial charge in [-0.3, -0.25) is 4.98 Å². The lowest BCUT2D eigenvalue weighted by atomic mass is 9.61. The summed E-state index contributed by atoms with van der Waals surface area (Å²) in [5, 5.41) is 18.7. The Hall–Kier alpha value is -4.61. The number of hydrogen-bond donors (Lipinski definition) is 2. The normalized spacial score (nSPS) is 19.4. The summed E-state index contributed by atoms with van der Waals surface area (Å²) in [5.74, 6) is 0. The number of alkyl carbamates (subject to hydrolysis) is 1. The SMILES string of the molecule is Cc1ccc(CN(C(=O)Nc2cncc3ccccc23)C2(C#N)CC(OC(=O)NC(C)(C)C)(c3ccccc3Cl)C2)cc1C. The summed E-state index contributed by atoms with van der Waals surface area (Å²) in [5.41, 5.74) is 1.10. The van der Waals surface area contributed by atoms with Crippen LogP contribution < -0.4 is 10.6 Å². The minimum absolute atomic E-state index is 0.0316. The van der Waals surface area contributed by atoms with Crippen molar-refractivity contribution in [1.82, 2.24) is 15.2 Å². The minimum atomic E-state index is -1.32. The number of rotatable bonds is 6. The van der Waals surface area contributed by atoms with E-state index in [-0.39, 0.29) is 19.4 Å². The lowest BCUT2D eigenvalue weighted by Gasteiger charge is -2.55. The van der Waals surface area contributed by atoms with Gasteiger partial charge in [-0.1, -0.05) is 72.3 Å². The Bertz CT molecular complexity index is 1760. The predicted octanol–water partition coefficient (Wildman–Crippen LogP) is 8.02. The first-order valence-electron chi connectivity index (χ1n) is 14.5. The van der Waals surface area contributed by atoms with E-state index >= 15 is 0 Å². The third-order valence-electron chi connectivity index (χ3n) is 8.08. The zero-order valence-electron chi connectivity index (χ0n) is 25.6. The number of carbonyl (C=O) groups is 2. The molecule has 1 aromatic heterocycles. The monoisotopic (exact) mass is 609 g/mol. The molecule has 0 bridgehead atoms. The Morgan fingerprint density at radius 1 is 1.02 bits per heavy atom. The van der Waals surface area contributed by atoms with E-state index in [1.807, 2.05) is 83.1 Å². The fourth-order valence-electron chi connectivity index (χ4n) is 5.78. The second-order valence-electron chi connectivity index (χ2n) is 12.6. The van der Waals surface area contributed by atoms with Gasteiger partial charge in [0.1, 0.15) is 11.1 Å². The Kier molecular flexibility index (Phi) is 8.28. The van der Waals surface area contributed by atoms with E-state index in [0.717, 1.165) is 27.5 Å². The van der Waals surface area contributed by atoms with Crippen molar-refractivity contribution in [2.45, 2.75) is 70.7 Å². The van der Waals surface area contributed by atoms with Gasteiger partial charge in [-0.05, 0) is 57.4 Å². The van der Waals surface area contributed by atoms with Crippen LogP contribution in [0, 0.1) is 25.2 Å². The Balaban J connectivity index is 1.54. The van der Waals surface area contributed by atoms with Crippen LogP contribution in [0.1, 0.15) is 55.9 Å². The molecule has 1 fully saturated rings. The molecule has 9 heteroatoms. The van der Waals surface area contributed by atoms with Crippen molar-refractivity contribution in [3.8, 4) is 6.07 Å². The van der Waals surface area contributed by atoms with Crippen LogP contribution in [0.25, 0.3) is 10.8 Å². The maximum absolute atomic E-state index is 14.2. The second-order valence-corrected chi connectivity index (χ2v) is 13.0. The molecule has 1 aliphatic carbocycles. The summed E-state index contributed by atoms with van der Waals surface area (Å²) in [7, 11) is 0. The van der Waals surface area contributed by atoms with Crippen LogP contribution in [0.3, 0.4) is 0 Å². The number of nitrogens with zero attached hydrogens (tertiary/aromatic N) is 3. The van der Waals surface area contributed by atoms with Crippen LogP contribution in [-0.2, 0) is 16.9 Å². The lowest BCUT2D eigenvalue weighted by Crippen LogP contribution is -2.66. The van der Waals surface area contributed by atoms with Crippen LogP contribution in [0.5, 0.6) is 0 Å². The van der Waals surface area contributed by atoms with Gasteiger partial charge in [-0.2, -0.15) is 5.26 Å². The topological polar surface area (TPSA) is 107 Å². The Labute approximate surface area is 263 Å². The van der Waals surface area contributed by atoms with Gasteiger partial charge >= 0.3 is 12.1 Å². The summed E-state index contributed by atoms with van der Waals surface area (Å²) in [6.07, 6.45) is 2.77. The van der Waals surface area contributed by atoms with Crippen molar-refractivity contribution >= 4 is 40.2 Å². The van der Waals surface area contributed by atoms with Gasteiger partial charge in [0.05, 0.1) is 18.0 Å². The second kappa shape index (κ2) is 11.8. The molecular formula is C35H36ClN5O3. The van der Waals surface area contributed by atoms with Crippen molar-refractivity contribution in [2.24, 2.45) is 0 Å². The highest BCUT2D eigenvalue weighted by Crippen LogP contribution is 2.56. The van der Waals surface area contributed by atoms with Gasteiger partial charge < -0.3 is 20.3 Å². The van der Waals surface area contributed by atoms with Crippen molar-refractivity contribution in [2.75, 3.05) is 5.32 Å². The van der Waals surface area contributed by atoms with E-state index < -0.39 is 28.8 Å². The van der Waals surface area contributed by atoms with Crippen LogP contribution in [0.4, 0.5) is 15.3 Å². The van der Waals surface area contributed by atoms with Gasteiger partial charge in [-0.25, -0.2) is 9.59 Å². The van der Waals surface area contributed by atoms with E-state index in [2.05, 4.69) is 21.7 Å². The molecule has 0 aliphatic heterocycles. The average molecular weight is 610 g/mol. The Morgan fingerprint density at radius 2 is 1.73 bits per heavy atom. The molecule has 4 aromatic rings. The molecule has 3 amide bonds. The number of nitrogens with one attached hydrogen (secondary N) is 2. The molecule has 226 valence electrons. The molecule has 0 unspecified atom stereocenters. The molecule has 0 radical (unpaired) electrons. The largest absolute Gasteiger partial charge is 0.438 e. The first-order chi connectivity index (χ1) is 20.8. The number of ether oxygens (including phenoxy) is 1. The number of nitriles is 1. The van der Waals surface area contributed by atoms with Crippen molar-refractivity contribution in [3.05, 3.63) is 106 Å². The molecule has 8 nitrogen and oxygen atoms in total.